The minimum atomic E-state index is -4.81. The van der Waals surface area contributed by atoms with Crippen molar-refractivity contribution in [1.29, 1.82) is 0 Å². The molecule has 7 nitrogen and oxygen atoms in total. The van der Waals surface area contributed by atoms with E-state index < -0.39 is 12.1 Å². The smallest absolute Gasteiger partial charge is 0.493 e. The number of carbonyl (C=O) groups excluding carboxylic acids is 1. The van der Waals surface area contributed by atoms with E-state index in [4.69, 9.17) is 23.7 Å². The fraction of sp³-hybridized carbons (Fsp3) is 0.233. The lowest BCUT2D eigenvalue weighted by molar-refractivity contribution is -0.274. The summed E-state index contributed by atoms with van der Waals surface area (Å²) < 4.78 is 68.3. The molecule has 0 saturated carbocycles. The van der Waals surface area contributed by atoms with Crippen LogP contribution in [0.3, 0.4) is 0 Å². The van der Waals surface area contributed by atoms with Crippen molar-refractivity contribution < 1.29 is 46.4 Å². The second kappa shape index (κ2) is 13.5. The molecule has 0 aliphatic heterocycles. The van der Waals surface area contributed by atoms with Crippen molar-refractivity contribution in [2.45, 2.75) is 12.8 Å². The predicted octanol–water partition coefficient (Wildman–Crippen LogP) is 6.78. The van der Waals surface area contributed by atoms with Gasteiger partial charge in [-0.15, -0.1) is 13.2 Å². The Kier molecular flexibility index (Phi) is 10.1. The van der Waals surface area contributed by atoms with Gasteiger partial charge in [0.1, 0.15) is 5.75 Å². The summed E-state index contributed by atoms with van der Waals surface area (Å²) in [6.45, 7) is 0. The number of hydrogen-bond acceptors (Lipinski definition) is 7. The first-order valence-electron chi connectivity index (χ1n) is 11.9. The molecule has 0 spiro atoms. The van der Waals surface area contributed by atoms with Crippen molar-refractivity contribution >= 4 is 17.9 Å². The molecule has 0 saturated heterocycles. The van der Waals surface area contributed by atoms with E-state index >= 15 is 0 Å². The van der Waals surface area contributed by atoms with Crippen molar-refractivity contribution in [2.24, 2.45) is 0 Å². The first kappa shape index (κ1) is 29.9. The zero-order valence-electron chi connectivity index (χ0n) is 22.6. The Hall–Kier alpha value is -4.60. The van der Waals surface area contributed by atoms with Crippen LogP contribution in [0.4, 0.5) is 13.2 Å². The molecule has 0 amide bonds. The Morgan fingerprint density at radius 2 is 1.35 bits per heavy atom. The summed E-state index contributed by atoms with van der Waals surface area (Å²) in [5.41, 5.74) is 2.56. The van der Waals surface area contributed by atoms with Gasteiger partial charge in [-0.3, -0.25) is 4.79 Å². The SMILES string of the molecule is COc1cc(/C=C\c2ccc(OC)c(OC)c2C/C=C\C(=O)c2ccc(OC(F)(F)F)cc2)cc(OC)c1OC. The summed E-state index contributed by atoms with van der Waals surface area (Å²) in [4.78, 5) is 12.6. The van der Waals surface area contributed by atoms with E-state index in [1.165, 1.54) is 53.8 Å². The third-order valence-corrected chi connectivity index (χ3v) is 5.79. The van der Waals surface area contributed by atoms with Crippen LogP contribution in [0.5, 0.6) is 34.5 Å². The standard InChI is InChI=1S/C30H29F3O7/c1-35-25-16-13-20(10-9-19-17-26(36-2)29(39-5)27(18-19)37-3)23(28(25)38-4)7-6-8-24(34)21-11-14-22(15-12-21)40-30(31,32)33/h6,8-18H,7H2,1-5H3/b8-6-,10-9-. The van der Waals surface area contributed by atoms with Crippen molar-refractivity contribution in [2.75, 3.05) is 35.5 Å². The third-order valence-electron chi connectivity index (χ3n) is 5.79. The predicted molar refractivity (Wildman–Crippen MR) is 145 cm³/mol. The van der Waals surface area contributed by atoms with E-state index in [1.54, 1.807) is 12.1 Å². The second-order valence-electron chi connectivity index (χ2n) is 8.20. The highest BCUT2D eigenvalue weighted by atomic mass is 19.4. The monoisotopic (exact) mass is 558 g/mol. The number of hydrogen-bond donors (Lipinski definition) is 0. The summed E-state index contributed by atoms with van der Waals surface area (Å²) in [5, 5.41) is 0. The van der Waals surface area contributed by atoms with Gasteiger partial charge in [-0.1, -0.05) is 24.3 Å². The normalized spacial score (nSPS) is 11.5. The Morgan fingerprint density at radius 1 is 0.750 bits per heavy atom. The highest BCUT2D eigenvalue weighted by Crippen LogP contribution is 2.39. The number of ketones is 1. The molecule has 212 valence electrons. The Morgan fingerprint density at radius 3 is 1.88 bits per heavy atom. The first-order chi connectivity index (χ1) is 19.1. The number of allylic oxidation sites excluding steroid dienone is 2. The Bertz CT molecular complexity index is 1350. The van der Waals surface area contributed by atoms with Crippen molar-refractivity contribution in [3.05, 3.63) is 82.9 Å². The molecule has 0 aromatic heterocycles. The van der Waals surface area contributed by atoms with Crippen molar-refractivity contribution in [3.63, 3.8) is 0 Å². The summed E-state index contributed by atoms with van der Waals surface area (Å²) in [7, 11) is 7.65. The number of rotatable bonds is 12. The van der Waals surface area contributed by atoms with Gasteiger partial charge in [-0.05, 0) is 66.1 Å². The van der Waals surface area contributed by atoms with Crippen LogP contribution >= 0.6 is 0 Å². The molecular weight excluding hydrogens is 529 g/mol. The van der Waals surface area contributed by atoms with Crippen molar-refractivity contribution in [1.82, 2.24) is 0 Å². The highest BCUT2D eigenvalue weighted by molar-refractivity contribution is 6.04. The first-order valence-corrected chi connectivity index (χ1v) is 11.9. The van der Waals surface area contributed by atoms with Crippen LogP contribution in [0.1, 0.15) is 27.0 Å². The molecule has 0 atom stereocenters. The number of methoxy groups -OCH3 is 5. The van der Waals surface area contributed by atoms with Gasteiger partial charge in [0.05, 0.1) is 35.5 Å². The maximum Gasteiger partial charge on any atom is 0.573 e. The van der Waals surface area contributed by atoms with Crippen LogP contribution in [0.25, 0.3) is 12.2 Å². The Balaban J connectivity index is 1.88. The molecule has 3 aromatic rings. The summed E-state index contributed by atoms with van der Waals surface area (Å²) in [5.74, 6) is 1.73. The fourth-order valence-corrected chi connectivity index (χ4v) is 3.96. The largest absolute Gasteiger partial charge is 0.573 e. The van der Waals surface area contributed by atoms with Crippen LogP contribution in [-0.4, -0.2) is 47.7 Å². The molecule has 3 rings (SSSR count). The molecule has 0 heterocycles. The van der Waals surface area contributed by atoms with Gasteiger partial charge in [-0.2, -0.15) is 0 Å². The molecule has 10 heteroatoms. The summed E-state index contributed by atoms with van der Waals surface area (Å²) in [6, 6.07) is 12.0. The van der Waals surface area contributed by atoms with E-state index in [1.807, 2.05) is 30.4 Å². The molecule has 0 fully saturated rings. The van der Waals surface area contributed by atoms with Crippen molar-refractivity contribution in [3.8, 4) is 34.5 Å². The van der Waals surface area contributed by atoms with Crippen LogP contribution < -0.4 is 28.4 Å². The third kappa shape index (κ3) is 7.49. The number of ether oxygens (including phenoxy) is 6. The molecule has 0 aliphatic rings. The quantitative estimate of drug-likeness (QED) is 0.138. The average Bonchev–Trinajstić information content (AvgIpc) is 2.94. The van der Waals surface area contributed by atoms with E-state index in [0.717, 1.165) is 28.8 Å². The minimum Gasteiger partial charge on any atom is -0.493 e. The van der Waals surface area contributed by atoms with Gasteiger partial charge in [0.2, 0.25) is 5.75 Å². The van der Waals surface area contributed by atoms with Gasteiger partial charge in [0.25, 0.3) is 0 Å². The van der Waals surface area contributed by atoms with Gasteiger partial charge < -0.3 is 28.4 Å². The molecule has 0 bridgehead atoms. The minimum absolute atomic E-state index is 0.214. The lowest BCUT2D eigenvalue weighted by atomic mass is 10.00. The van der Waals surface area contributed by atoms with E-state index in [-0.39, 0.29) is 11.3 Å². The van der Waals surface area contributed by atoms with Gasteiger partial charge in [0.15, 0.2) is 28.8 Å². The lowest BCUT2D eigenvalue weighted by Crippen LogP contribution is -2.17. The summed E-state index contributed by atoms with van der Waals surface area (Å²) in [6.07, 6.45) is 2.25. The molecule has 3 aromatic carbocycles. The molecular formula is C30H29F3O7. The van der Waals surface area contributed by atoms with Crippen LogP contribution in [-0.2, 0) is 6.42 Å². The Labute approximate surface area is 230 Å². The van der Waals surface area contributed by atoms with Gasteiger partial charge >= 0.3 is 6.36 Å². The summed E-state index contributed by atoms with van der Waals surface area (Å²) >= 11 is 0. The van der Waals surface area contributed by atoms with Crippen LogP contribution in [0.2, 0.25) is 0 Å². The van der Waals surface area contributed by atoms with E-state index in [9.17, 15) is 18.0 Å². The van der Waals surface area contributed by atoms with Crippen LogP contribution in [0, 0.1) is 0 Å². The lowest BCUT2D eigenvalue weighted by Gasteiger charge is -2.15. The molecule has 0 unspecified atom stereocenters. The van der Waals surface area contributed by atoms with Gasteiger partial charge in [0, 0.05) is 11.1 Å². The molecule has 0 N–H and O–H groups in total. The number of halogens is 3. The van der Waals surface area contributed by atoms with Crippen LogP contribution in [0.15, 0.2) is 60.7 Å². The highest BCUT2D eigenvalue weighted by Gasteiger charge is 2.31. The molecule has 0 radical (unpaired) electrons. The van der Waals surface area contributed by atoms with E-state index in [0.29, 0.717) is 35.2 Å². The average molecular weight is 559 g/mol. The number of carbonyl (C=O) groups is 1. The van der Waals surface area contributed by atoms with E-state index in [2.05, 4.69) is 4.74 Å². The second-order valence-corrected chi connectivity index (χ2v) is 8.20. The zero-order valence-corrected chi connectivity index (χ0v) is 22.6. The number of benzene rings is 3. The molecule has 0 aliphatic carbocycles. The van der Waals surface area contributed by atoms with Gasteiger partial charge in [-0.25, -0.2) is 0 Å². The zero-order chi connectivity index (χ0) is 29.3. The maximum atomic E-state index is 12.6. The molecule has 40 heavy (non-hydrogen) atoms. The fourth-order valence-electron chi connectivity index (χ4n) is 3.96. The maximum absolute atomic E-state index is 12.6. The number of alkyl halides is 3. The topological polar surface area (TPSA) is 72.5 Å².